The second kappa shape index (κ2) is 7.77. The van der Waals surface area contributed by atoms with Crippen molar-refractivity contribution in [2.75, 3.05) is 18.6 Å². The van der Waals surface area contributed by atoms with E-state index in [1.165, 1.54) is 0 Å². The lowest BCUT2D eigenvalue weighted by Crippen LogP contribution is -2.30. The topological polar surface area (TPSA) is 67.9 Å². The molecule has 0 unspecified atom stereocenters. The molecule has 2 aromatic rings. The van der Waals surface area contributed by atoms with Gasteiger partial charge >= 0.3 is 6.03 Å². The Morgan fingerprint density at radius 2 is 1.92 bits per heavy atom. The monoisotopic (exact) mass is 464 g/mol. The van der Waals surface area contributed by atoms with Crippen molar-refractivity contribution in [2.24, 2.45) is 0 Å². The number of hydrogen-bond donors (Lipinski definition) is 1. The Morgan fingerprint density at radius 3 is 2.58 bits per heavy atom. The second-order valence-corrected chi connectivity index (χ2v) is 6.59. The highest BCUT2D eigenvalue weighted by atomic mass is 127. The summed E-state index contributed by atoms with van der Waals surface area (Å²) in [5, 5.41) is 2.62. The maximum Gasteiger partial charge on any atom is 0.333 e. The van der Waals surface area contributed by atoms with E-state index in [0.717, 1.165) is 14.0 Å². The Hall–Kier alpha value is -2.55. The van der Waals surface area contributed by atoms with Crippen molar-refractivity contribution in [3.8, 4) is 11.5 Å². The van der Waals surface area contributed by atoms with E-state index in [2.05, 4.69) is 27.9 Å². The van der Waals surface area contributed by atoms with Gasteiger partial charge in [-0.1, -0.05) is 18.2 Å². The van der Waals surface area contributed by atoms with Crippen LogP contribution in [0, 0.1) is 3.57 Å². The summed E-state index contributed by atoms with van der Waals surface area (Å²) in [6, 6.07) is 12.0. The molecular weight excluding hydrogens is 447 g/mol. The van der Waals surface area contributed by atoms with Gasteiger partial charge in [0.2, 0.25) is 0 Å². The molecule has 1 aliphatic heterocycles. The highest BCUT2D eigenvalue weighted by molar-refractivity contribution is 14.1. The van der Waals surface area contributed by atoms with Crippen LogP contribution in [0.15, 0.2) is 48.2 Å². The van der Waals surface area contributed by atoms with Gasteiger partial charge in [0.05, 0.1) is 23.0 Å². The summed E-state index contributed by atoms with van der Waals surface area (Å²) in [6.07, 6.45) is 1.63. The molecule has 1 fully saturated rings. The molecule has 2 aromatic carbocycles. The molecule has 1 N–H and O–H groups in total. The van der Waals surface area contributed by atoms with Crippen molar-refractivity contribution in [3.05, 3.63) is 57.3 Å². The first-order valence-corrected chi connectivity index (χ1v) is 9.05. The van der Waals surface area contributed by atoms with E-state index in [0.29, 0.717) is 23.8 Å². The van der Waals surface area contributed by atoms with E-state index in [-0.39, 0.29) is 5.70 Å². The minimum Gasteiger partial charge on any atom is -0.493 e. The largest absolute Gasteiger partial charge is 0.493 e. The van der Waals surface area contributed by atoms with Crippen LogP contribution in [-0.4, -0.2) is 25.7 Å². The van der Waals surface area contributed by atoms with Crippen molar-refractivity contribution >= 4 is 46.3 Å². The van der Waals surface area contributed by atoms with Crippen LogP contribution in [0.25, 0.3) is 6.08 Å². The van der Waals surface area contributed by atoms with E-state index in [1.54, 1.807) is 43.5 Å². The van der Waals surface area contributed by atoms with Crippen LogP contribution in [0.2, 0.25) is 0 Å². The van der Waals surface area contributed by atoms with Gasteiger partial charge < -0.3 is 14.8 Å². The average Bonchev–Trinajstić information content (AvgIpc) is 2.91. The van der Waals surface area contributed by atoms with E-state index < -0.39 is 11.9 Å². The lowest BCUT2D eigenvalue weighted by atomic mass is 10.1. The molecule has 6 nitrogen and oxygen atoms in total. The number of benzene rings is 2. The van der Waals surface area contributed by atoms with Crippen LogP contribution >= 0.6 is 22.6 Å². The van der Waals surface area contributed by atoms with E-state index in [9.17, 15) is 9.59 Å². The Labute approximate surface area is 164 Å². The number of rotatable bonds is 5. The number of amides is 3. The molecule has 1 saturated heterocycles. The van der Waals surface area contributed by atoms with E-state index >= 15 is 0 Å². The first-order chi connectivity index (χ1) is 12.5. The highest BCUT2D eigenvalue weighted by Gasteiger charge is 2.34. The molecular formula is C19H17IN2O4. The van der Waals surface area contributed by atoms with Gasteiger partial charge in [-0.25, -0.2) is 9.69 Å². The number of urea groups is 1. The number of methoxy groups -OCH3 is 1. The number of ether oxygens (including phenoxy) is 2. The van der Waals surface area contributed by atoms with Crippen molar-refractivity contribution in [3.63, 3.8) is 0 Å². The third kappa shape index (κ3) is 3.52. The number of anilines is 1. The Kier molecular flexibility index (Phi) is 5.46. The van der Waals surface area contributed by atoms with Crippen molar-refractivity contribution in [2.45, 2.75) is 6.92 Å². The van der Waals surface area contributed by atoms with Crippen LogP contribution in [0.5, 0.6) is 11.5 Å². The number of nitrogens with one attached hydrogen (secondary N) is 1. The van der Waals surface area contributed by atoms with Gasteiger partial charge in [-0.05, 0) is 65.4 Å². The van der Waals surface area contributed by atoms with Crippen LogP contribution in [0.4, 0.5) is 10.5 Å². The molecule has 1 heterocycles. The minimum absolute atomic E-state index is 0.209. The standard InChI is InChI=1S/C19H17IN2O4/c1-3-26-17-14(20)9-12(11-16(17)25-2)10-15-18(23)22(19(24)21-15)13-7-5-4-6-8-13/h4-11H,3H2,1-2H3,(H,21,24)/b15-10-. The average molecular weight is 464 g/mol. The number of hydrogen-bond acceptors (Lipinski definition) is 4. The van der Waals surface area contributed by atoms with Gasteiger partial charge in [0.1, 0.15) is 5.70 Å². The predicted octanol–water partition coefficient (Wildman–Crippen LogP) is 3.80. The molecule has 1 aliphatic rings. The van der Waals surface area contributed by atoms with Crippen molar-refractivity contribution in [1.29, 1.82) is 0 Å². The number of imide groups is 1. The molecule has 0 radical (unpaired) electrons. The molecule has 0 aromatic heterocycles. The zero-order valence-electron chi connectivity index (χ0n) is 14.3. The first kappa shape index (κ1) is 18.2. The van der Waals surface area contributed by atoms with Crippen LogP contribution < -0.4 is 19.7 Å². The van der Waals surface area contributed by atoms with Crippen LogP contribution in [0.3, 0.4) is 0 Å². The van der Waals surface area contributed by atoms with Gasteiger partial charge in [-0.15, -0.1) is 0 Å². The normalized spacial score (nSPS) is 15.3. The number of carbonyl (C=O) groups is 2. The van der Waals surface area contributed by atoms with E-state index in [1.807, 2.05) is 19.1 Å². The Morgan fingerprint density at radius 1 is 1.19 bits per heavy atom. The summed E-state index contributed by atoms with van der Waals surface area (Å²) < 4.78 is 11.8. The SMILES string of the molecule is CCOc1c(I)cc(/C=C2\NC(=O)N(c3ccccc3)C2=O)cc1OC. The summed E-state index contributed by atoms with van der Waals surface area (Å²) in [5.41, 5.74) is 1.46. The molecule has 0 bridgehead atoms. The Bertz CT molecular complexity index is 881. The van der Waals surface area contributed by atoms with Crippen molar-refractivity contribution in [1.82, 2.24) is 5.32 Å². The van der Waals surface area contributed by atoms with Gasteiger partial charge in [0.25, 0.3) is 5.91 Å². The summed E-state index contributed by atoms with van der Waals surface area (Å²) >= 11 is 2.15. The number of carbonyl (C=O) groups excluding carboxylic acids is 2. The maximum atomic E-state index is 12.6. The lowest BCUT2D eigenvalue weighted by Gasteiger charge is -2.12. The maximum absolute atomic E-state index is 12.6. The predicted molar refractivity (Wildman–Crippen MR) is 107 cm³/mol. The highest BCUT2D eigenvalue weighted by Crippen LogP contribution is 2.35. The molecule has 0 saturated carbocycles. The van der Waals surface area contributed by atoms with Gasteiger partial charge in [0.15, 0.2) is 11.5 Å². The van der Waals surface area contributed by atoms with Crippen LogP contribution in [0.1, 0.15) is 12.5 Å². The molecule has 7 heteroatoms. The summed E-state index contributed by atoms with van der Waals surface area (Å²) in [4.78, 5) is 26.0. The van der Waals surface area contributed by atoms with Crippen molar-refractivity contribution < 1.29 is 19.1 Å². The molecule has 3 amide bonds. The zero-order chi connectivity index (χ0) is 18.7. The van der Waals surface area contributed by atoms with E-state index in [4.69, 9.17) is 9.47 Å². The number of halogens is 1. The summed E-state index contributed by atoms with van der Waals surface area (Å²) in [7, 11) is 1.56. The third-order valence-electron chi connectivity index (χ3n) is 3.74. The van der Waals surface area contributed by atoms with Crippen LogP contribution in [-0.2, 0) is 4.79 Å². The smallest absolute Gasteiger partial charge is 0.333 e. The molecule has 134 valence electrons. The lowest BCUT2D eigenvalue weighted by molar-refractivity contribution is -0.113. The van der Waals surface area contributed by atoms with Gasteiger partial charge in [-0.3, -0.25) is 4.79 Å². The molecule has 0 aliphatic carbocycles. The number of para-hydroxylation sites is 1. The first-order valence-electron chi connectivity index (χ1n) is 7.97. The fourth-order valence-electron chi connectivity index (χ4n) is 2.62. The molecule has 0 atom stereocenters. The third-order valence-corrected chi connectivity index (χ3v) is 4.55. The number of nitrogens with zero attached hydrogens (tertiary/aromatic N) is 1. The zero-order valence-corrected chi connectivity index (χ0v) is 16.4. The van der Waals surface area contributed by atoms with Gasteiger partial charge in [-0.2, -0.15) is 0 Å². The fraction of sp³-hybridized carbons (Fsp3) is 0.158. The quantitative estimate of drug-likeness (QED) is 0.416. The Balaban J connectivity index is 1.95. The second-order valence-electron chi connectivity index (χ2n) is 5.43. The molecule has 0 spiro atoms. The molecule has 3 rings (SSSR count). The van der Waals surface area contributed by atoms with Gasteiger partial charge in [0, 0.05) is 0 Å². The fourth-order valence-corrected chi connectivity index (χ4v) is 3.40. The minimum atomic E-state index is -0.472. The summed E-state index contributed by atoms with van der Waals surface area (Å²) in [6.45, 7) is 2.42. The summed E-state index contributed by atoms with van der Waals surface area (Å²) in [5.74, 6) is 0.830. The molecule has 26 heavy (non-hydrogen) atoms.